The van der Waals surface area contributed by atoms with E-state index < -0.39 is 0 Å². The van der Waals surface area contributed by atoms with Gasteiger partial charge in [-0.15, -0.1) is 5.10 Å². The second-order valence-electron chi connectivity index (χ2n) is 6.52. The first-order chi connectivity index (χ1) is 13.1. The first kappa shape index (κ1) is 17.5. The normalized spacial score (nSPS) is 17.1. The molecule has 1 aliphatic heterocycles. The smallest absolute Gasteiger partial charge is 0.338 e. The van der Waals surface area contributed by atoms with Crippen LogP contribution < -0.4 is 5.69 Å². The summed E-state index contributed by atoms with van der Waals surface area (Å²) in [6.07, 6.45) is 3.20. The molecule has 1 atom stereocenters. The molecule has 0 spiro atoms. The fourth-order valence-electron chi connectivity index (χ4n) is 3.34. The zero-order chi connectivity index (χ0) is 18.8. The predicted molar refractivity (Wildman–Crippen MR) is 101 cm³/mol. The Balaban J connectivity index is 1.54. The average molecular weight is 384 g/mol. The Morgan fingerprint density at radius 2 is 2.00 bits per heavy atom. The lowest BCUT2D eigenvalue weighted by molar-refractivity contribution is 0.0704. The van der Waals surface area contributed by atoms with E-state index in [0.29, 0.717) is 35.3 Å². The van der Waals surface area contributed by atoms with Crippen molar-refractivity contribution in [2.24, 2.45) is 0 Å². The van der Waals surface area contributed by atoms with Crippen molar-refractivity contribution in [1.29, 1.82) is 0 Å². The molecule has 4 rings (SSSR count). The lowest BCUT2D eigenvalue weighted by Gasteiger charge is -2.31. The van der Waals surface area contributed by atoms with Crippen LogP contribution in [-0.2, 0) is 0 Å². The molecule has 0 radical (unpaired) electrons. The van der Waals surface area contributed by atoms with Crippen LogP contribution in [0.4, 0.5) is 0 Å². The number of carbonyl (C=O) groups is 1. The summed E-state index contributed by atoms with van der Waals surface area (Å²) in [5.41, 5.74) is 0.936. The highest BCUT2D eigenvalue weighted by molar-refractivity contribution is 6.29. The summed E-state index contributed by atoms with van der Waals surface area (Å²) in [5.74, 6) is 0.505. The summed E-state index contributed by atoms with van der Waals surface area (Å²) in [7, 11) is 0. The van der Waals surface area contributed by atoms with Gasteiger partial charge in [0.2, 0.25) is 0 Å². The molecule has 0 aliphatic carbocycles. The molecule has 1 unspecified atom stereocenters. The minimum Gasteiger partial charge on any atom is -0.338 e. The van der Waals surface area contributed by atoms with Crippen molar-refractivity contribution in [3.63, 3.8) is 0 Å². The van der Waals surface area contributed by atoms with Crippen molar-refractivity contribution in [2.75, 3.05) is 13.1 Å². The highest BCUT2D eigenvalue weighted by Gasteiger charge is 2.28. The number of piperidine rings is 1. The number of likely N-dealkylation sites (tertiary alicyclic amines) is 1. The Kier molecular flexibility index (Phi) is 4.77. The van der Waals surface area contributed by atoms with E-state index >= 15 is 0 Å². The number of aromatic amines is 1. The molecule has 1 fully saturated rings. The van der Waals surface area contributed by atoms with E-state index in [9.17, 15) is 9.59 Å². The van der Waals surface area contributed by atoms with Crippen molar-refractivity contribution in [3.05, 3.63) is 75.7 Å². The zero-order valence-corrected chi connectivity index (χ0v) is 15.3. The molecule has 1 aliphatic rings. The number of benzene rings is 1. The summed E-state index contributed by atoms with van der Waals surface area (Å²) in [6.45, 7) is 1.17. The number of amides is 1. The van der Waals surface area contributed by atoms with Gasteiger partial charge in [0.1, 0.15) is 11.0 Å². The van der Waals surface area contributed by atoms with E-state index in [4.69, 9.17) is 11.6 Å². The molecule has 0 saturated carbocycles. The first-order valence-corrected chi connectivity index (χ1v) is 9.15. The number of hydrogen-bond acceptors (Lipinski definition) is 4. The van der Waals surface area contributed by atoms with E-state index in [-0.39, 0.29) is 17.5 Å². The highest BCUT2D eigenvalue weighted by Crippen LogP contribution is 2.25. The summed E-state index contributed by atoms with van der Waals surface area (Å²) >= 11 is 5.79. The first-order valence-electron chi connectivity index (χ1n) is 8.77. The molecule has 3 heterocycles. The van der Waals surface area contributed by atoms with Crippen LogP contribution in [0, 0.1) is 0 Å². The Labute approximate surface area is 160 Å². The number of para-hydroxylation sites is 1. The highest BCUT2D eigenvalue weighted by atomic mass is 35.5. The molecule has 2 aromatic heterocycles. The molecular formula is C19H18ClN5O2. The quantitative estimate of drug-likeness (QED) is 0.705. The second kappa shape index (κ2) is 7.36. The fourth-order valence-corrected chi connectivity index (χ4v) is 3.45. The number of nitrogens with one attached hydrogen (secondary N) is 1. The molecule has 7 nitrogen and oxygen atoms in total. The van der Waals surface area contributed by atoms with Gasteiger partial charge in [-0.05, 0) is 37.1 Å². The van der Waals surface area contributed by atoms with Crippen LogP contribution in [0.5, 0.6) is 0 Å². The summed E-state index contributed by atoms with van der Waals surface area (Å²) < 4.78 is 1.36. The molecule has 1 N–H and O–H groups in total. The van der Waals surface area contributed by atoms with Crippen molar-refractivity contribution in [1.82, 2.24) is 24.6 Å². The zero-order valence-electron chi connectivity index (χ0n) is 14.5. The fraction of sp³-hybridized carbons (Fsp3) is 0.263. The number of hydrogen-bond donors (Lipinski definition) is 1. The maximum Gasteiger partial charge on any atom is 0.348 e. The van der Waals surface area contributed by atoms with Gasteiger partial charge in [0.15, 0.2) is 0 Å². The molecule has 138 valence electrons. The lowest BCUT2D eigenvalue weighted by atomic mass is 9.97. The average Bonchev–Trinajstić information content (AvgIpc) is 3.10. The van der Waals surface area contributed by atoms with Gasteiger partial charge >= 0.3 is 5.69 Å². The number of H-pyrrole nitrogens is 1. The van der Waals surface area contributed by atoms with Gasteiger partial charge in [-0.2, -0.15) is 4.68 Å². The third kappa shape index (κ3) is 3.64. The van der Waals surface area contributed by atoms with Crippen molar-refractivity contribution < 1.29 is 4.79 Å². The molecule has 1 amide bonds. The molecule has 1 saturated heterocycles. The molecule has 27 heavy (non-hydrogen) atoms. The molecule has 0 bridgehead atoms. The minimum absolute atomic E-state index is 0.0133. The van der Waals surface area contributed by atoms with Crippen molar-refractivity contribution >= 4 is 17.5 Å². The Morgan fingerprint density at radius 1 is 1.19 bits per heavy atom. The monoisotopic (exact) mass is 383 g/mol. The van der Waals surface area contributed by atoms with Gasteiger partial charge in [-0.25, -0.2) is 9.78 Å². The Hall–Kier alpha value is -2.93. The van der Waals surface area contributed by atoms with Gasteiger partial charge < -0.3 is 4.90 Å². The Bertz CT molecular complexity index is 997. The Morgan fingerprint density at radius 3 is 2.74 bits per heavy atom. The molecular weight excluding hydrogens is 366 g/mol. The number of aromatic nitrogens is 4. The topological polar surface area (TPSA) is 83.9 Å². The number of pyridine rings is 1. The predicted octanol–water partition coefficient (Wildman–Crippen LogP) is 2.63. The van der Waals surface area contributed by atoms with Gasteiger partial charge in [0.25, 0.3) is 5.91 Å². The van der Waals surface area contributed by atoms with E-state index in [1.54, 1.807) is 17.0 Å². The summed E-state index contributed by atoms with van der Waals surface area (Å²) in [5, 5.41) is 4.82. The van der Waals surface area contributed by atoms with Crippen molar-refractivity contribution in [3.8, 4) is 5.69 Å². The summed E-state index contributed by atoms with van der Waals surface area (Å²) in [4.78, 5) is 33.6. The van der Waals surface area contributed by atoms with Crippen LogP contribution in [0.2, 0.25) is 5.15 Å². The van der Waals surface area contributed by atoms with Crippen LogP contribution in [0.25, 0.3) is 5.69 Å². The molecule has 1 aromatic carbocycles. The van der Waals surface area contributed by atoms with E-state index in [0.717, 1.165) is 12.8 Å². The number of carbonyl (C=O) groups excluding carboxylic acids is 1. The summed E-state index contributed by atoms with van der Waals surface area (Å²) in [6, 6.07) is 12.5. The van der Waals surface area contributed by atoms with Crippen LogP contribution in [0.3, 0.4) is 0 Å². The number of rotatable bonds is 3. The third-order valence-electron chi connectivity index (χ3n) is 4.71. The van der Waals surface area contributed by atoms with E-state index in [1.807, 2.05) is 30.3 Å². The SMILES string of the molecule is O=C(c1ccc(Cl)nc1)N1CCCC(c2nn(-c3ccccc3)c(=O)[nH]2)C1. The van der Waals surface area contributed by atoms with Crippen LogP contribution in [-0.4, -0.2) is 43.6 Å². The number of nitrogens with zero attached hydrogens (tertiary/aromatic N) is 4. The largest absolute Gasteiger partial charge is 0.348 e. The number of halogens is 1. The maximum absolute atomic E-state index is 12.7. The molecule has 8 heteroatoms. The van der Waals surface area contributed by atoms with Gasteiger partial charge in [0.05, 0.1) is 11.3 Å². The lowest BCUT2D eigenvalue weighted by Crippen LogP contribution is -2.39. The van der Waals surface area contributed by atoms with Gasteiger partial charge in [0, 0.05) is 25.2 Å². The van der Waals surface area contributed by atoms with Crippen molar-refractivity contribution in [2.45, 2.75) is 18.8 Å². The van der Waals surface area contributed by atoms with Gasteiger partial charge in [-0.3, -0.25) is 9.78 Å². The maximum atomic E-state index is 12.7. The standard InChI is InChI=1S/C19H18ClN5O2/c20-16-9-8-13(11-21-16)18(26)24-10-4-5-14(12-24)17-22-19(27)25(23-17)15-6-2-1-3-7-15/h1-3,6-9,11,14H,4-5,10,12H2,(H,22,23,27). The van der Waals surface area contributed by atoms with E-state index in [2.05, 4.69) is 15.1 Å². The molecule has 3 aromatic rings. The van der Waals surface area contributed by atoms with Crippen LogP contribution in [0.1, 0.15) is 34.9 Å². The minimum atomic E-state index is -0.276. The van der Waals surface area contributed by atoms with Crippen LogP contribution in [0.15, 0.2) is 53.5 Å². The van der Waals surface area contributed by atoms with Gasteiger partial charge in [-0.1, -0.05) is 29.8 Å². The van der Waals surface area contributed by atoms with Crippen LogP contribution >= 0.6 is 11.6 Å². The second-order valence-corrected chi connectivity index (χ2v) is 6.91. The van der Waals surface area contributed by atoms with E-state index in [1.165, 1.54) is 10.9 Å². The third-order valence-corrected chi connectivity index (χ3v) is 4.93.